The van der Waals surface area contributed by atoms with Crippen molar-refractivity contribution in [3.63, 3.8) is 0 Å². The number of alkyl halides is 3. The molecule has 5 nitrogen and oxygen atoms in total. The molecular weight excluding hydrogens is 265 g/mol. The molecule has 2 aliphatic rings. The number of nitrogens with one attached hydrogen (secondary N) is 1. The summed E-state index contributed by atoms with van der Waals surface area (Å²) in [6.45, 7) is -0.617. The molecule has 2 fully saturated rings. The Morgan fingerprint density at radius 2 is 2.11 bits per heavy atom. The predicted molar refractivity (Wildman–Crippen MR) is 57.9 cm³/mol. The van der Waals surface area contributed by atoms with Gasteiger partial charge in [-0.05, 0) is 12.8 Å². The minimum Gasteiger partial charge on any atom is -0.382 e. The smallest absolute Gasteiger partial charge is 0.382 e. The van der Waals surface area contributed by atoms with Crippen LogP contribution in [0.25, 0.3) is 0 Å². The molecule has 0 aromatic rings. The summed E-state index contributed by atoms with van der Waals surface area (Å²) in [4.78, 5) is 24.8. The monoisotopic (exact) mass is 280 g/mol. The fraction of sp³-hybridized carbons (Fsp3) is 0.818. The summed E-state index contributed by atoms with van der Waals surface area (Å²) in [5, 5.41) is 10.8. The zero-order valence-corrected chi connectivity index (χ0v) is 10.1. The fourth-order valence-electron chi connectivity index (χ4n) is 2.10. The minimum absolute atomic E-state index is 0.0322. The Hall–Kier alpha value is -1.31. The average molecular weight is 280 g/mol. The van der Waals surface area contributed by atoms with Crippen molar-refractivity contribution in [1.82, 2.24) is 10.2 Å². The van der Waals surface area contributed by atoms with Crippen molar-refractivity contribution < 1.29 is 27.9 Å². The predicted octanol–water partition coefficient (Wildman–Crippen LogP) is 0.0367. The van der Waals surface area contributed by atoms with Crippen molar-refractivity contribution in [1.29, 1.82) is 0 Å². The standard InChI is InChI=1S/C11H15F3N2O3/c12-11(13,14)8(17)4-15-10(19)6-3-9(18)16(5-6)7-1-2-7/h6-8,17H,1-5H2,(H,15,19). The van der Waals surface area contributed by atoms with Gasteiger partial charge in [-0.15, -0.1) is 0 Å². The average Bonchev–Trinajstić information content (AvgIpc) is 3.08. The van der Waals surface area contributed by atoms with Gasteiger partial charge in [0.25, 0.3) is 0 Å². The van der Waals surface area contributed by atoms with Gasteiger partial charge in [0, 0.05) is 19.0 Å². The number of amides is 2. The molecule has 1 saturated heterocycles. The van der Waals surface area contributed by atoms with Crippen molar-refractivity contribution in [3.05, 3.63) is 0 Å². The van der Waals surface area contributed by atoms with Gasteiger partial charge in [-0.3, -0.25) is 9.59 Å². The molecule has 1 saturated carbocycles. The SMILES string of the molecule is O=C(NCC(O)C(F)(F)F)C1CC(=O)N(C2CC2)C1. The van der Waals surface area contributed by atoms with Crippen molar-refractivity contribution >= 4 is 11.8 Å². The molecule has 1 aliphatic carbocycles. The molecule has 2 rings (SSSR count). The highest BCUT2D eigenvalue weighted by atomic mass is 19.4. The van der Waals surface area contributed by atoms with Gasteiger partial charge in [-0.2, -0.15) is 13.2 Å². The van der Waals surface area contributed by atoms with E-state index < -0.39 is 30.7 Å². The quantitative estimate of drug-likeness (QED) is 0.763. The first-order chi connectivity index (χ1) is 8.79. The van der Waals surface area contributed by atoms with Crippen molar-refractivity contribution in [2.45, 2.75) is 37.6 Å². The van der Waals surface area contributed by atoms with E-state index in [1.807, 2.05) is 5.32 Å². The van der Waals surface area contributed by atoms with E-state index in [9.17, 15) is 22.8 Å². The Bertz CT molecular complexity index is 382. The molecule has 2 unspecified atom stereocenters. The summed E-state index contributed by atoms with van der Waals surface area (Å²) < 4.78 is 36.2. The van der Waals surface area contributed by atoms with Gasteiger partial charge in [0.15, 0.2) is 6.10 Å². The second-order valence-corrected chi connectivity index (χ2v) is 4.98. The minimum atomic E-state index is -4.75. The zero-order chi connectivity index (χ0) is 14.2. The van der Waals surface area contributed by atoms with Gasteiger partial charge in [-0.25, -0.2) is 0 Å². The Labute approximate surface area is 107 Å². The number of aliphatic hydroxyl groups is 1. The molecule has 1 aliphatic heterocycles. The molecule has 0 bridgehead atoms. The maximum absolute atomic E-state index is 12.1. The van der Waals surface area contributed by atoms with Crippen molar-refractivity contribution in [2.75, 3.05) is 13.1 Å². The molecule has 19 heavy (non-hydrogen) atoms. The van der Waals surface area contributed by atoms with E-state index in [0.29, 0.717) is 0 Å². The van der Waals surface area contributed by atoms with Gasteiger partial charge < -0.3 is 15.3 Å². The maximum atomic E-state index is 12.1. The van der Waals surface area contributed by atoms with E-state index >= 15 is 0 Å². The van der Waals surface area contributed by atoms with Crippen molar-refractivity contribution in [2.24, 2.45) is 5.92 Å². The van der Waals surface area contributed by atoms with E-state index in [4.69, 9.17) is 5.11 Å². The van der Waals surface area contributed by atoms with Crippen LogP contribution in [-0.2, 0) is 9.59 Å². The Kier molecular flexibility index (Phi) is 3.71. The third kappa shape index (κ3) is 3.37. The van der Waals surface area contributed by atoms with E-state index in [2.05, 4.69) is 0 Å². The second kappa shape index (κ2) is 4.99. The van der Waals surface area contributed by atoms with Gasteiger partial charge in [-0.1, -0.05) is 0 Å². The molecule has 0 aromatic carbocycles. The highest BCUT2D eigenvalue weighted by Gasteiger charge is 2.42. The number of nitrogens with zero attached hydrogens (tertiary/aromatic N) is 1. The highest BCUT2D eigenvalue weighted by molar-refractivity contribution is 5.89. The molecule has 2 amide bonds. The maximum Gasteiger partial charge on any atom is 0.416 e. The van der Waals surface area contributed by atoms with Crippen LogP contribution in [0, 0.1) is 5.92 Å². The third-order valence-corrected chi connectivity index (χ3v) is 3.36. The van der Waals surface area contributed by atoms with Crippen LogP contribution in [0.1, 0.15) is 19.3 Å². The number of aliphatic hydroxyl groups excluding tert-OH is 1. The third-order valence-electron chi connectivity index (χ3n) is 3.36. The second-order valence-electron chi connectivity index (χ2n) is 4.98. The number of hydrogen-bond acceptors (Lipinski definition) is 3. The lowest BCUT2D eigenvalue weighted by Gasteiger charge is -2.17. The first kappa shape index (κ1) is 14.1. The summed E-state index contributed by atoms with van der Waals surface area (Å²) in [7, 11) is 0. The number of carbonyl (C=O) groups excluding carboxylic acids is 2. The number of likely N-dealkylation sites (tertiary alicyclic amines) is 1. The molecule has 8 heteroatoms. The highest BCUT2D eigenvalue weighted by Crippen LogP contribution is 2.32. The number of carbonyl (C=O) groups is 2. The van der Waals surface area contributed by atoms with Crippen LogP contribution in [0.5, 0.6) is 0 Å². The zero-order valence-electron chi connectivity index (χ0n) is 10.1. The van der Waals surface area contributed by atoms with E-state index in [-0.39, 0.29) is 24.9 Å². The molecular formula is C11H15F3N2O3. The molecule has 2 N–H and O–H groups in total. The molecule has 108 valence electrons. The topological polar surface area (TPSA) is 69.6 Å². The first-order valence-electron chi connectivity index (χ1n) is 6.11. The lowest BCUT2D eigenvalue weighted by atomic mass is 10.1. The van der Waals surface area contributed by atoms with Crippen LogP contribution in [0.3, 0.4) is 0 Å². The number of halogens is 3. The van der Waals surface area contributed by atoms with Gasteiger partial charge in [0.2, 0.25) is 11.8 Å². The number of rotatable bonds is 4. The summed E-state index contributed by atoms with van der Waals surface area (Å²) in [5.41, 5.74) is 0. The van der Waals surface area contributed by atoms with Crippen LogP contribution in [0.15, 0.2) is 0 Å². The van der Waals surface area contributed by atoms with Gasteiger partial charge in [0.05, 0.1) is 12.5 Å². The fourth-order valence-corrected chi connectivity index (χ4v) is 2.10. The Morgan fingerprint density at radius 1 is 1.47 bits per heavy atom. The van der Waals surface area contributed by atoms with Crippen LogP contribution in [0.4, 0.5) is 13.2 Å². The summed E-state index contributed by atoms with van der Waals surface area (Å²) >= 11 is 0. The van der Waals surface area contributed by atoms with E-state index in [0.717, 1.165) is 12.8 Å². The normalized spacial score (nSPS) is 25.6. The molecule has 0 spiro atoms. The lowest BCUT2D eigenvalue weighted by Crippen LogP contribution is -2.43. The Morgan fingerprint density at radius 3 is 2.63 bits per heavy atom. The van der Waals surface area contributed by atoms with E-state index in [1.54, 1.807) is 4.90 Å². The lowest BCUT2D eigenvalue weighted by molar-refractivity contribution is -0.202. The van der Waals surface area contributed by atoms with Gasteiger partial charge in [0.1, 0.15) is 0 Å². The van der Waals surface area contributed by atoms with Crippen LogP contribution in [0.2, 0.25) is 0 Å². The molecule has 0 radical (unpaired) electrons. The largest absolute Gasteiger partial charge is 0.416 e. The van der Waals surface area contributed by atoms with Gasteiger partial charge >= 0.3 is 6.18 Å². The van der Waals surface area contributed by atoms with Crippen LogP contribution in [-0.4, -0.2) is 53.2 Å². The van der Waals surface area contributed by atoms with Crippen molar-refractivity contribution in [3.8, 4) is 0 Å². The van der Waals surface area contributed by atoms with E-state index in [1.165, 1.54) is 0 Å². The molecule has 0 aromatic heterocycles. The summed E-state index contributed by atoms with van der Waals surface area (Å²) in [6, 6.07) is 0.200. The molecule has 2 atom stereocenters. The molecule has 1 heterocycles. The summed E-state index contributed by atoms with van der Waals surface area (Å²) in [6.07, 6.45) is -5.45. The first-order valence-corrected chi connectivity index (χ1v) is 6.11. The number of hydrogen-bond donors (Lipinski definition) is 2. The Balaban J connectivity index is 1.79. The van der Waals surface area contributed by atoms with Crippen LogP contribution < -0.4 is 5.32 Å². The van der Waals surface area contributed by atoms with Crippen LogP contribution >= 0.6 is 0 Å². The summed E-state index contributed by atoms with van der Waals surface area (Å²) in [5.74, 6) is -1.35.